The Morgan fingerprint density at radius 1 is 1.63 bits per heavy atom. The number of nitrogens with zero attached hydrogens (tertiary/aromatic N) is 2. The fourth-order valence-corrected chi connectivity index (χ4v) is 2.63. The van der Waals surface area contributed by atoms with E-state index in [9.17, 15) is 15.0 Å². The lowest BCUT2D eigenvalue weighted by molar-refractivity contribution is -0.227. The van der Waals surface area contributed by atoms with E-state index in [2.05, 4.69) is 4.98 Å². The highest BCUT2D eigenvalue weighted by Gasteiger charge is 2.61. The summed E-state index contributed by atoms with van der Waals surface area (Å²) in [7, 11) is 0. The van der Waals surface area contributed by atoms with Crippen molar-refractivity contribution in [3.05, 3.63) is 22.7 Å². The van der Waals surface area contributed by atoms with Crippen LogP contribution in [0.15, 0.2) is 17.1 Å². The Morgan fingerprint density at radius 2 is 2.37 bits per heavy atom. The van der Waals surface area contributed by atoms with Crippen molar-refractivity contribution >= 4 is 5.82 Å². The Kier molecular flexibility index (Phi) is 2.82. The van der Waals surface area contributed by atoms with Crippen LogP contribution in [0.5, 0.6) is 0 Å². The van der Waals surface area contributed by atoms with Crippen molar-refractivity contribution in [1.82, 2.24) is 9.55 Å². The number of nitrogen functional groups attached to an aromatic ring is 1. The quantitative estimate of drug-likeness (QED) is 0.581. The van der Waals surface area contributed by atoms with Gasteiger partial charge in [-0.05, 0) is 6.07 Å². The number of nitrogens with two attached hydrogens (primary N) is 1. The number of hydrogen-bond acceptors (Lipinski definition) is 7. The molecule has 0 aromatic carbocycles. The molecule has 0 unspecified atom stereocenters. The Balaban J connectivity index is 2.01. The first kappa shape index (κ1) is 12.5. The smallest absolute Gasteiger partial charge is 0.351 e. The van der Waals surface area contributed by atoms with Crippen LogP contribution >= 0.6 is 0 Å². The molecule has 0 radical (unpaired) electrons. The van der Waals surface area contributed by atoms with Gasteiger partial charge in [-0.3, -0.25) is 4.57 Å². The summed E-state index contributed by atoms with van der Waals surface area (Å²) in [6.07, 6.45) is -0.582. The zero-order chi connectivity index (χ0) is 13.6. The molecular formula is C11H15N3O5. The maximum atomic E-state index is 11.8. The molecule has 104 valence electrons. The maximum absolute atomic E-state index is 11.8. The van der Waals surface area contributed by atoms with E-state index in [1.165, 1.54) is 16.8 Å². The fraction of sp³-hybridized carbons (Fsp3) is 0.636. The summed E-state index contributed by atoms with van der Waals surface area (Å²) in [6.45, 7) is 0.131. The van der Waals surface area contributed by atoms with Gasteiger partial charge >= 0.3 is 5.69 Å². The van der Waals surface area contributed by atoms with E-state index >= 15 is 0 Å². The first-order valence-corrected chi connectivity index (χ1v) is 6.01. The predicted octanol–water partition coefficient (Wildman–Crippen LogP) is -1.76. The highest BCUT2D eigenvalue weighted by molar-refractivity contribution is 5.24. The summed E-state index contributed by atoms with van der Waals surface area (Å²) in [6, 6.07) is 1.47. The third kappa shape index (κ3) is 1.68. The molecule has 3 rings (SSSR count). The van der Waals surface area contributed by atoms with E-state index < -0.39 is 29.7 Å². The molecule has 19 heavy (non-hydrogen) atoms. The van der Waals surface area contributed by atoms with E-state index in [4.69, 9.17) is 15.2 Å². The third-order valence-electron chi connectivity index (χ3n) is 3.72. The van der Waals surface area contributed by atoms with Gasteiger partial charge in [0.25, 0.3) is 0 Å². The molecule has 0 amide bonds. The summed E-state index contributed by atoms with van der Waals surface area (Å²) < 4.78 is 12.2. The van der Waals surface area contributed by atoms with Crippen LogP contribution < -0.4 is 11.4 Å². The second kappa shape index (κ2) is 4.27. The number of aliphatic hydroxyl groups excluding tert-OH is 2. The summed E-state index contributed by atoms with van der Waals surface area (Å²) >= 11 is 0. The first-order valence-electron chi connectivity index (χ1n) is 6.01. The summed E-state index contributed by atoms with van der Waals surface area (Å²) in [4.78, 5) is 15.5. The van der Waals surface area contributed by atoms with Crippen molar-refractivity contribution in [2.24, 2.45) is 0 Å². The predicted molar refractivity (Wildman–Crippen MR) is 63.2 cm³/mol. The molecule has 2 fully saturated rings. The average Bonchev–Trinajstić information content (AvgIpc) is 2.62. The standard InChI is InChI=1S/C11H15N3O5/c12-7-1-3-14(10(17)13-7)9-11(2-4-18-11)8(16)6(5-15)19-9/h1,3,6,8-9,15-16H,2,4-5H2,(H2,12,13,17)/t6-,8-,9-,11+/m1/s1. The van der Waals surface area contributed by atoms with Gasteiger partial charge in [0.1, 0.15) is 23.6 Å². The van der Waals surface area contributed by atoms with E-state index in [-0.39, 0.29) is 12.4 Å². The van der Waals surface area contributed by atoms with Crippen LogP contribution in [0.3, 0.4) is 0 Å². The monoisotopic (exact) mass is 269 g/mol. The van der Waals surface area contributed by atoms with E-state index in [0.717, 1.165) is 0 Å². The van der Waals surface area contributed by atoms with Crippen LogP contribution in [0.25, 0.3) is 0 Å². The van der Waals surface area contributed by atoms with Crippen molar-refractivity contribution in [2.45, 2.75) is 30.5 Å². The highest BCUT2D eigenvalue weighted by atomic mass is 16.6. The molecule has 2 aliphatic heterocycles. The Hall–Kier alpha value is -1.48. The van der Waals surface area contributed by atoms with E-state index in [0.29, 0.717) is 13.0 Å². The van der Waals surface area contributed by atoms with Gasteiger partial charge < -0.3 is 25.4 Å². The SMILES string of the molecule is Nc1ccn([C@@H]2O[C@H](CO)[C@@H](O)[C@@]23CCO3)c(=O)n1. The number of aromatic nitrogens is 2. The number of aliphatic hydroxyl groups is 2. The minimum absolute atomic E-state index is 0.113. The Labute approximate surface area is 108 Å². The molecule has 3 heterocycles. The molecule has 2 saturated heterocycles. The van der Waals surface area contributed by atoms with Crippen molar-refractivity contribution in [1.29, 1.82) is 0 Å². The molecule has 4 atom stereocenters. The summed E-state index contributed by atoms with van der Waals surface area (Å²) in [5.41, 5.74) is 3.87. The largest absolute Gasteiger partial charge is 0.394 e. The molecule has 4 N–H and O–H groups in total. The molecule has 1 spiro atoms. The minimum Gasteiger partial charge on any atom is -0.394 e. The molecule has 8 nitrogen and oxygen atoms in total. The number of anilines is 1. The Bertz CT molecular complexity index is 541. The van der Waals surface area contributed by atoms with Crippen LogP contribution in [0.1, 0.15) is 12.6 Å². The van der Waals surface area contributed by atoms with Crippen LogP contribution in [0, 0.1) is 0 Å². The molecule has 1 aromatic rings. The molecular weight excluding hydrogens is 254 g/mol. The second-order valence-electron chi connectivity index (χ2n) is 4.75. The fourth-order valence-electron chi connectivity index (χ4n) is 2.63. The molecule has 8 heteroatoms. The van der Waals surface area contributed by atoms with Gasteiger partial charge in [0.15, 0.2) is 6.23 Å². The van der Waals surface area contributed by atoms with Crippen LogP contribution in [-0.2, 0) is 9.47 Å². The zero-order valence-corrected chi connectivity index (χ0v) is 10.1. The van der Waals surface area contributed by atoms with E-state index in [1.807, 2.05) is 0 Å². The van der Waals surface area contributed by atoms with Gasteiger partial charge in [0.2, 0.25) is 0 Å². The number of ether oxygens (including phenoxy) is 2. The number of hydrogen-bond donors (Lipinski definition) is 3. The van der Waals surface area contributed by atoms with Gasteiger partial charge in [-0.25, -0.2) is 4.79 Å². The topological polar surface area (TPSA) is 120 Å². The van der Waals surface area contributed by atoms with Crippen molar-refractivity contribution in [3.63, 3.8) is 0 Å². The zero-order valence-electron chi connectivity index (χ0n) is 10.1. The molecule has 0 bridgehead atoms. The first-order chi connectivity index (χ1) is 9.08. The molecule has 1 aromatic heterocycles. The van der Waals surface area contributed by atoms with Gasteiger partial charge in [-0.15, -0.1) is 0 Å². The normalized spacial score (nSPS) is 37.5. The second-order valence-corrected chi connectivity index (χ2v) is 4.75. The molecule has 0 saturated carbocycles. The van der Waals surface area contributed by atoms with Gasteiger partial charge in [0.05, 0.1) is 13.2 Å². The summed E-state index contributed by atoms with van der Waals surface area (Å²) in [5.74, 6) is 0.113. The number of rotatable bonds is 2. The lowest BCUT2D eigenvalue weighted by Crippen LogP contribution is -2.57. The molecule has 0 aliphatic carbocycles. The van der Waals surface area contributed by atoms with Crippen molar-refractivity contribution in [3.8, 4) is 0 Å². The summed E-state index contributed by atoms with van der Waals surface area (Å²) in [5, 5.41) is 19.4. The van der Waals surface area contributed by atoms with Gasteiger partial charge in [-0.2, -0.15) is 4.98 Å². The average molecular weight is 269 g/mol. The van der Waals surface area contributed by atoms with Crippen LogP contribution in [0.4, 0.5) is 5.82 Å². The third-order valence-corrected chi connectivity index (χ3v) is 3.72. The lowest BCUT2D eigenvalue weighted by atomic mass is 9.86. The van der Waals surface area contributed by atoms with Crippen molar-refractivity contribution < 1.29 is 19.7 Å². The minimum atomic E-state index is -0.991. The van der Waals surface area contributed by atoms with Crippen LogP contribution in [0.2, 0.25) is 0 Å². The highest BCUT2D eigenvalue weighted by Crippen LogP contribution is 2.47. The van der Waals surface area contributed by atoms with Crippen molar-refractivity contribution in [2.75, 3.05) is 18.9 Å². The van der Waals surface area contributed by atoms with E-state index in [1.54, 1.807) is 0 Å². The lowest BCUT2D eigenvalue weighted by Gasteiger charge is -2.44. The maximum Gasteiger partial charge on any atom is 0.351 e. The Morgan fingerprint density at radius 3 is 2.89 bits per heavy atom. The molecule has 2 aliphatic rings. The van der Waals surface area contributed by atoms with Gasteiger partial charge in [0, 0.05) is 12.6 Å². The van der Waals surface area contributed by atoms with Crippen LogP contribution in [-0.4, -0.2) is 50.8 Å². The van der Waals surface area contributed by atoms with Gasteiger partial charge in [-0.1, -0.05) is 0 Å².